The highest BCUT2D eigenvalue weighted by molar-refractivity contribution is 5.85. The lowest BCUT2D eigenvalue weighted by atomic mass is 9.43. The molecule has 0 bridgehead atoms. The van der Waals surface area contributed by atoms with Crippen LogP contribution in [0, 0.1) is 34.5 Å². The zero-order valence-electron chi connectivity index (χ0n) is 17.0. The van der Waals surface area contributed by atoms with Crippen molar-refractivity contribution in [1.29, 1.82) is 0 Å². The highest BCUT2D eigenvalue weighted by atomic mass is 16.5. The number of ether oxygens (including phenoxy) is 1. The first-order valence-electron chi connectivity index (χ1n) is 11.2. The van der Waals surface area contributed by atoms with E-state index in [1.54, 1.807) is 6.08 Å². The minimum absolute atomic E-state index is 0.00812. The average Bonchev–Trinajstić information content (AvgIpc) is 3.23. The van der Waals surface area contributed by atoms with Gasteiger partial charge >= 0.3 is 5.97 Å². The zero-order valence-corrected chi connectivity index (χ0v) is 17.0. The van der Waals surface area contributed by atoms with E-state index < -0.39 is 23.2 Å². The molecule has 5 aliphatic rings. The summed E-state index contributed by atoms with van der Waals surface area (Å²) in [5.74, 6) is -0.0400. The molecule has 6 heteroatoms. The SMILES string of the molecule is CC12CCC3C(CCC4CC(O)C(O)CC43C=O)C1(O)CCC2C1=CC(=O)OC1. The van der Waals surface area contributed by atoms with Gasteiger partial charge in [-0.3, -0.25) is 0 Å². The van der Waals surface area contributed by atoms with Gasteiger partial charge in [0.1, 0.15) is 12.9 Å². The van der Waals surface area contributed by atoms with Crippen LogP contribution in [0.15, 0.2) is 11.6 Å². The normalized spacial score (nSPS) is 54.1. The van der Waals surface area contributed by atoms with Gasteiger partial charge in [-0.15, -0.1) is 0 Å². The molecule has 0 aromatic heterocycles. The Morgan fingerprint density at radius 1 is 1.10 bits per heavy atom. The Kier molecular flexibility index (Phi) is 4.34. The van der Waals surface area contributed by atoms with Crippen molar-refractivity contribution in [3.05, 3.63) is 11.6 Å². The molecule has 9 atom stereocenters. The predicted octanol–water partition coefficient (Wildman–Crippen LogP) is 1.75. The molecule has 0 radical (unpaired) electrons. The lowest BCUT2D eigenvalue weighted by Crippen LogP contribution is -2.64. The molecule has 160 valence electrons. The average molecular weight is 405 g/mol. The van der Waals surface area contributed by atoms with Gasteiger partial charge in [-0.2, -0.15) is 0 Å². The fraction of sp³-hybridized carbons (Fsp3) is 0.826. The molecular weight excluding hydrogens is 372 g/mol. The molecule has 0 amide bonds. The number of cyclic esters (lactones) is 1. The van der Waals surface area contributed by atoms with E-state index in [-0.39, 0.29) is 35.1 Å². The largest absolute Gasteiger partial charge is 0.458 e. The molecule has 0 saturated heterocycles. The van der Waals surface area contributed by atoms with Crippen molar-refractivity contribution in [2.24, 2.45) is 34.5 Å². The third kappa shape index (κ3) is 2.45. The molecule has 5 rings (SSSR count). The summed E-state index contributed by atoms with van der Waals surface area (Å²) in [5.41, 5.74) is -0.864. The van der Waals surface area contributed by atoms with E-state index >= 15 is 0 Å². The molecule has 1 aliphatic heterocycles. The fourth-order valence-electron chi connectivity index (χ4n) is 8.31. The Hall–Kier alpha value is -1.24. The lowest BCUT2D eigenvalue weighted by Gasteiger charge is -2.63. The van der Waals surface area contributed by atoms with Crippen LogP contribution in [0.1, 0.15) is 58.3 Å². The second kappa shape index (κ2) is 6.38. The molecule has 4 saturated carbocycles. The summed E-state index contributed by atoms with van der Waals surface area (Å²) in [6.45, 7) is 2.48. The van der Waals surface area contributed by atoms with Crippen LogP contribution in [0.5, 0.6) is 0 Å². The highest BCUT2D eigenvalue weighted by Crippen LogP contribution is 2.69. The molecule has 9 unspecified atom stereocenters. The number of hydrogen-bond donors (Lipinski definition) is 3. The maximum absolute atomic E-state index is 12.5. The van der Waals surface area contributed by atoms with Crippen LogP contribution in [-0.2, 0) is 14.3 Å². The van der Waals surface area contributed by atoms with Gasteiger partial charge in [0.2, 0.25) is 0 Å². The number of rotatable bonds is 2. The molecule has 0 aromatic rings. The maximum atomic E-state index is 12.5. The first kappa shape index (κ1) is 19.7. The summed E-state index contributed by atoms with van der Waals surface area (Å²) >= 11 is 0. The molecule has 4 fully saturated rings. The van der Waals surface area contributed by atoms with Crippen LogP contribution in [-0.4, -0.2) is 52.0 Å². The molecule has 29 heavy (non-hydrogen) atoms. The summed E-state index contributed by atoms with van der Waals surface area (Å²) in [6.07, 6.45) is 6.57. The van der Waals surface area contributed by atoms with Crippen LogP contribution >= 0.6 is 0 Å². The van der Waals surface area contributed by atoms with Gasteiger partial charge in [-0.1, -0.05) is 6.92 Å². The Bertz CT molecular complexity index is 762. The number of fused-ring (bicyclic) bond motifs is 5. The van der Waals surface area contributed by atoms with E-state index in [0.717, 1.165) is 44.0 Å². The monoisotopic (exact) mass is 404 g/mol. The molecule has 4 aliphatic carbocycles. The van der Waals surface area contributed by atoms with Gasteiger partial charge in [0.25, 0.3) is 0 Å². The minimum atomic E-state index is -0.880. The Morgan fingerprint density at radius 2 is 1.90 bits per heavy atom. The van der Waals surface area contributed by atoms with Gasteiger partial charge in [-0.05, 0) is 80.6 Å². The smallest absolute Gasteiger partial charge is 0.331 e. The summed E-state index contributed by atoms with van der Waals surface area (Å²) in [7, 11) is 0. The first-order valence-corrected chi connectivity index (χ1v) is 11.2. The van der Waals surface area contributed by atoms with Crippen molar-refractivity contribution in [1.82, 2.24) is 0 Å². The number of hydrogen-bond acceptors (Lipinski definition) is 6. The van der Waals surface area contributed by atoms with Crippen molar-refractivity contribution in [2.45, 2.75) is 76.1 Å². The summed E-state index contributed by atoms with van der Waals surface area (Å²) in [5, 5.41) is 32.7. The number of aldehydes is 1. The summed E-state index contributed by atoms with van der Waals surface area (Å²) in [6, 6.07) is 0. The van der Waals surface area contributed by atoms with Crippen molar-refractivity contribution < 1.29 is 29.6 Å². The summed E-state index contributed by atoms with van der Waals surface area (Å²) < 4.78 is 5.16. The van der Waals surface area contributed by atoms with Gasteiger partial charge in [-0.25, -0.2) is 4.79 Å². The number of carbonyl (C=O) groups is 2. The van der Waals surface area contributed by atoms with Crippen LogP contribution in [0.2, 0.25) is 0 Å². The van der Waals surface area contributed by atoms with E-state index in [1.165, 1.54) is 0 Å². The van der Waals surface area contributed by atoms with Crippen LogP contribution in [0.3, 0.4) is 0 Å². The highest BCUT2D eigenvalue weighted by Gasteiger charge is 2.69. The predicted molar refractivity (Wildman–Crippen MR) is 104 cm³/mol. The van der Waals surface area contributed by atoms with E-state index in [1.807, 2.05) is 0 Å². The van der Waals surface area contributed by atoms with Gasteiger partial charge in [0.15, 0.2) is 0 Å². The lowest BCUT2D eigenvalue weighted by molar-refractivity contribution is -0.216. The third-order valence-corrected chi connectivity index (χ3v) is 9.81. The van der Waals surface area contributed by atoms with Gasteiger partial charge in [0.05, 0.1) is 17.8 Å². The van der Waals surface area contributed by atoms with Crippen molar-refractivity contribution in [2.75, 3.05) is 6.61 Å². The standard InChI is InChI=1S/C23H32O6/c1-21-6-4-16-17(3-2-14-9-18(25)19(26)10-22(14,16)12-24)23(21,28)7-5-15(21)13-8-20(27)29-11-13/h8,12,14-19,25-26,28H,2-7,9-11H2,1H3. The zero-order chi connectivity index (χ0) is 20.6. The number of carbonyl (C=O) groups excluding carboxylic acids is 2. The Morgan fingerprint density at radius 3 is 2.59 bits per heavy atom. The van der Waals surface area contributed by atoms with E-state index in [9.17, 15) is 24.9 Å². The quantitative estimate of drug-likeness (QED) is 0.479. The topological polar surface area (TPSA) is 104 Å². The Labute approximate surface area is 171 Å². The second-order valence-electron chi connectivity index (χ2n) is 10.6. The van der Waals surface area contributed by atoms with Crippen LogP contribution in [0.25, 0.3) is 0 Å². The fourth-order valence-corrected chi connectivity index (χ4v) is 8.31. The van der Waals surface area contributed by atoms with Crippen LogP contribution < -0.4 is 0 Å². The molecule has 0 aromatic carbocycles. The number of esters is 1. The van der Waals surface area contributed by atoms with E-state index in [0.29, 0.717) is 25.9 Å². The first-order chi connectivity index (χ1) is 13.7. The van der Waals surface area contributed by atoms with Gasteiger partial charge < -0.3 is 24.9 Å². The second-order valence-corrected chi connectivity index (χ2v) is 10.6. The third-order valence-electron chi connectivity index (χ3n) is 9.81. The molecule has 3 N–H and O–H groups in total. The van der Waals surface area contributed by atoms with E-state index in [4.69, 9.17) is 4.74 Å². The summed E-state index contributed by atoms with van der Waals surface area (Å²) in [4.78, 5) is 24.1. The van der Waals surface area contributed by atoms with Crippen molar-refractivity contribution in [3.63, 3.8) is 0 Å². The molecule has 6 nitrogen and oxygen atoms in total. The minimum Gasteiger partial charge on any atom is -0.458 e. The molecule has 0 spiro atoms. The maximum Gasteiger partial charge on any atom is 0.331 e. The van der Waals surface area contributed by atoms with Crippen molar-refractivity contribution >= 4 is 12.3 Å². The Balaban J connectivity index is 1.50. The number of aliphatic hydroxyl groups is 3. The molecular formula is C23H32O6. The van der Waals surface area contributed by atoms with Gasteiger partial charge in [0, 0.05) is 16.9 Å². The molecule has 1 heterocycles. The van der Waals surface area contributed by atoms with E-state index in [2.05, 4.69) is 6.92 Å². The van der Waals surface area contributed by atoms with Crippen LogP contribution in [0.4, 0.5) is 0 Å². The van der Waals surface area contributed by atoms with Crippen molar-refractivity contribution in [3.8, 4) is 0 Å². The number of aliphatic hydroxyl groups excluding tert-OH is 2.